The Balaban J connectivity index is 1.70. The van der Waals surface area contributed by atoms with Crippen molar-refractivity contribution in [2.24, 2.45) is 0 Å². The summed E-state index contributed by atoms with van der Waals surface area (Å²) in [6.07, 6.45) is 6.11. The summed E-state index contributed by atoms with van der Waals surface area (Å²) in [7, 11) is 0. The van der Waals surface area contributed by atoms with Crippen molar-refractivity contribution < 1.29 is 9.59 Å². The quantitative estimate of drug-likeness (QED) is 0.854. The third kappa shape index (κ3) is 2.40. The van der Waals surface area contributed by atoms with Crippen molar-refractivity contribution in [3.63, 3.8) is 0 Å². The van der Waals surface area contributed by atoms with Crippen molar-refractivity contribution in [2.75, 3.05) is 5.32 Å². The van der Waals surface area contributed by atoms with Crippen LogP contribution in [0.25, 0.3) is 0 Å². The van der Waals surface area contributed by atoms with E-state index in [1.807, 2.05) is 19.1 Å². The molecule has 2 amide bonds. The molecule has 1 aromatic heterocycles. The van der Waals surface area contributed by atoms with Crippen LogP contribution in [-0.2, 0) is 9.59 Å². The van der Waals surface area contributed by atoms with Crippen LogP contribution in [0, 0.1) is 6.92 Å². The molecule has 1 saturated carbocycles. The number of aryl methyl sites for hydroxylation is 1. The van der Waals surface area contributed by atoms with Gasteiger partial charge in [0.25, 0.3) is 5.91 Å². The van der Waals surface area contributed by atoms with Gasteiger partial charge in [0.15, 0.2) is 0 Å². The topological polar surface area (TPSA) is 62.3 Å². The van der Waals surface area contributed by atoms with Crippen LogP contribution in [0.1, 0.15) is 37.7 Å². The van der Waals surface area contributed by atoms with E-state index in [1.165, 1.54) is 4.90 Å². The SMILES string of the molecule is Cc1ccc(NC2CC(=O)N(C3CCCC3)C2=O)nc1. The Labute approximate surface area is 118 Å². The number of hydrogen-bond donors (Lipinski definition) is 1. The molecule has 3 rings (SSSR count). The number of anilines is 1. The van der Waals surface area contributed by atoms with E-state index in [0.717, 1.165) is 31.2 Å². The average Bonchev–Trinajstić information content (AvgIpc) is 3.02. The van der Waals surface area contributed by atoms with Crippen LogP contribution >= 0.6 is 0 Å². The molecule has 5 nitrogen and oxygen atoms in total. The van der Waals surface area contributed by atoms with E-state index in [0.29, 0.717) is 5.82 Å². The molecule has 2 aliphatic rings. The minimum absolute atomic E-state index is 0.0495. The van der Waals surface area contributed by atoms with Gasteiger partial charge in [0.1, 0.15) is 11.9 Å². The molecule has 0 spiro atoms. The zero-order valence-electron chi connectivity index (χ0n) is 11.6. The van der Waals surface area contributed by atoms with E-state index >= 15 is 0 Å². The van der Waals surface area contributed by atoms with Crippen molar-refractivity contribution in [3.05, 3.63) is 23.9 Å². The highest BCUT2D eigenvalue weighted by Gasteiger charge is 2.43. The van der Waals surface area contributed by atoms with Crippen molar-refractivity contribution in [3.8, 4) is 0 Å². The second kappa shape index (κ2) is 5.23. The van der Waals surface area contributed by atoms with E-state index < -0.39 is 6.04 Å². The zero-order chi connectivity index (χ0) is 14.1. The second-order valence-electron chi connectivity index (χ2n) is 5.66. The maximum absolute atomic E-state index is 12.4. The molecule has 1 atom stereocenters. The normalized spacial score (nSPS) is 23.6. The Morgan fingerprint density at radius 1 is 1.25 bits per heavy atom. The minimum atomic E-state index is -0.460. The summed E-state index contributed by atoms with van der Waals surface area (Å²) in [6.45, 7) is 1.96. The fourth-order valence-corrected chi connectivity index (χ4v) is 3.04. The molecule has 106 valence electrons. The summed E-state index contributed by atoms with van der Waals surface area (Å²) in [5.74, 6) is 0.505. The lowest BCUT2D eigenvalue weighted by Crippen LogP contribution is -2.41. The average molecular weight is 273 g/mol. The number of rotatable bonds is 3. The minimum Gasteiger partial charge on any atom is -0.358 e. The van der Waals surface area contributed by atoms with E-state index in [1.54, 1.807) is 6.20 Å². The Hall–Kier alpha value is -1.91. The van der Waals surface area contributed by atoms with Gasteiger partial charge in [-0.2, -0.15) is 0 Å². The number of amides is 2. The molecule has 0 radical (unpaired) electrons. The first-order chi connectivity index (χ1) is 9.65. The molecule has 1 unspecified atom stereocenters. The van der Waals surface area contributed by atoms with Crippen LogP contribution in [-0.4, -0.2) is 33.8 Å². The summed E-state index contributed by atoms with van der Waals surface area (Å²) in [5.41, 5.74) is 1.07. The molecule has 1 N–H and O–H groups in total. The Kier molecular flexibility index (Phi) is 3.42. The monoisotopic (exact) mass is 273 g/mol. The van der Waals surface area contributed by atoms with Gasteiger partial charge in [0.2, 0.25) is 5.91 Å². The highest BCUT2D eigenvalue weighted by atomic mass is 16.2. The van der Waals surface area contributed by atoms with Gasteiger partial charge in [-0.3, -0.25) is 14.5 Å². The number of likely N-dealkylation sites (tertiary alicyclic amines) is 1. The van der Waals surface area contributed by atoms with Crippen LogP contribution in [0.3, 0.4) is 0 Å². The molecule has 1 aliphatic carbocycles. The molecule has 2 fully saturated rings. The van der Waals surface area contributed by atoms with E-state index in [-0.39, 0.29) is 24.3 Å². The molecular formula is C15H19N3O2. The predicted octanol–water partition coefficient (Wildman–Crippen LogP) is 1.87. The standard InChI is InChI=1S/C15H19N3O2/c1-10-6-7-13(16-9-10)17-12-8-14(19)18(15(12)20)11-4-2-3-5-11/h6-7,9,11-12H,2-5,8H2,1H3,(H,16,17). The lowest BCUT2D eigenvalue weighted by molar-refractivity contribution is -0.141. The Bertz CT molecular complexity index is 520. The largest absolute Gasteiger partial charge is 0.358 e. The molecule has 0 aromatic carbocycles. The molecule has 20 heavy (non-hydrogen) atoms. The number of pyridine rings is 1. The highest BCUT2D eigenvalue weighted by molar-refractivity contribution is 6.07. The van der Waals surface area contributed by atoms with Crippen molar-refractivity contribution in [2.45, 2.75) is 51.1 Å². The summed E-state index contributed by atoms with van der Waals surface area (Å²) >= 11 is 0. The molecule has 2 heterocycles. The smallest absolute Gasteiger partial charge is 0.252 e. The van der Waals surface area contributed by atoms with E-state index in [9.17, 15) is 9.59 Å². The fraction of sp³-hybridized carbons (Fsp3) is 0.533. The second-order valence-corrected chi connectivity index (χ2v) is 5.66. The van der Waals surface area contributed by atoms with Gasteiger partial charge in [0, 0.05) is 12.2 Å². The molecule has 1 aliphatic heterocycles. The third-order valence-corrected chi connectivity index (χ3v) is 4.11. The van der Waals surface area contributed by atoms with Gasteiger partial charge in [0.05, 0.1) is 6.42 Å². The van der Waals surface area contributed by atoms with Crippen molar-refractivity contribution >= 4 is 17.6 Å². The number of carbonyl (C=O) groups excluding carboxylic acids is 2. The predicted molar refractivity (Wildman–Crippen MR) is 75.1 cm³/mol. The fourth-order valence-electron chi connectivity index (χ4n) is 3.04. The van der Waals surface area contributed by atoms with Gasteiger partial charge in [-0.05, 0) is 31.4 Å². The Morgan fingerprint density at radius 2 is 2.00 bits per heavy atom. The molecular weight excluding hydrogens is 254 g/mol. The van der Waals surface area contributed by atoms with Crippen LogP contribution in [0.15, 0.2) is 18.3 Å². The maximum atomic E-state index is 12.4. The first kappa shape index (κ1) is 13.1. The lowest BCUT2D eigenvalue weighted by atomic mass is 10.2. The lowest BCUT2D eigenvalue weighted by Gasteiger charge is -2.22. The molecule has 1 aromatic rings. The molecule has 5 heteroatoms. The van der Waals surface area contributed by atoms with Gasteiger partial charge >= 0.3 is 0 Å². The van der Waals surface area contributed by atoms with Crippen molar-refractivity contribution in [1.29, 1.82) is 0 Å². The highest BCUT2D eigenvalue weighted by Crippen LogP contribution is 2.28. The van der Waals surface area contributed by atoms with E-state index in [4.69, 9.17) is 0 Å². The van der Waals surface area contributed by atoms with Crippen LogP contribution in [0.5, 0.6) is 0 Å². The molecule has 1 saturated heterocycles. The third-order valence-electron chi connectivity index (χ3n) is 4.11. The summed E-state index contributed by atoms with van der Waals surface area (Å²) < 4.78 is 0. The number of hydrogen-bond acceptors (Lipinski definition) is 4. The first-order valence-corrected chi connectivity index (χ1v) is 7.20. The van der Waals surface area contributed by atoms with Crippen LogP contribution < -0.4 is 5.32 Å². The van der Waals surface area contributed by atoms with Gasteiger partial charge in [-0.1, -0.05) is 18.9 Å². The van der Waals surface area contributed by atoms with Gasteiger partial charge < -0.3 is 5.32 Å². The summed E-state index contributed by atoms with van der Waals surface area (Å²) in [6, 6.07) is 3.43. The van der Waals surface area contributed by atoms with Crippen molar-refractivity contribution in [1.82, 2.24) is 9.88 Å². The number of nitrogens with one attached hydrogen (secondary N) is 1. The maximum Gasteiger partial charge on any atom is 0.252 e. The zero-order valence-corrected chi connectivity index (χ0v) is 11.6. The van der Waals surface area contributed by atoms with Gasteiger partial charge in [-0.15, -0.1) is 0 Å². The van der Waals surface area contributed by atoms with Gasteiger partial charge in [-0.25, -0.2) is 4.98 Å². The Morgan fingerprint density at radius 3 is 2.65 bits per heavy atom. The number of imide groups is 1. The van der Waals surface area contributed by atoms with Crippen LogP contribution in [0.2, 0.25) is 0 Å². The summed E-state index contributed by atoms with van der Waals surface area (Å²) in [5, 5.41) is 3.08. The number of aromatic nitrogens is 1. The summed E-state index contributed by atoms with van der Waals surface area (Å²) in [4.78, 5) is 30.2. The first-order valence-electron chi connectivity index (χ1n) is 7.20. The number of nitrogens with zero attached hydrogens (tertiary/aromatic N) is 2. The number of carbonyl (C=O) groups is 2. The molecule has 0 bridgehead atoms. The van der Waals surface area contributed by atoms with E-state index in [2.05, 4.69) is 10.3 Å². The van der Waals surface area contributed by atoms with Crippen LogP contribution in [0.4, 0.5) is 5.82 Å².